The number of ether oxygens (including phenoxy) is 2. The molecule has 3 aromatic rings. The van der Waals surface area contributed by atoms with Gasteiger partial charge in [-0.3, -0.25) is 4.79 Å². The van der Waals surface area contributed by atoms with Gasteiger partial charge in [0.15, 0.2) is 23.0 Å². The van der Waals surface area contributed by atoms with Crippen LogP contribution in [0.25, 0.3) is 10.6 Å². The summed E-state index contributed by atoms with van der Waals surface area (Å²) in [5.74, 6) is 1.85. The predicted octanol–water partition coefficient (Wildman–Crippen LogP) is 4.40. The molecule has 4 rings (SSSR count). The third-order valence-corrected chi connectivity index (χ3v) is 5.68. The number of amides is 1. The van der Waals surface area contributed by atoms with Crippen LogP contribution in [0.2, 0.25) is 0 Å². The van der Waals surface area contributed by atoms with Crippen molar-refractivity contribution in [3.8, 4) is 22.1 Å². The van der Waals surface area contributed by atoms with Crippen molar-refractivity contribution < 1.29 is 18.8 Å². The first-order valence-corrected chi connectivity index (χ1v) is 9.62. The minimum Gasteiger partial charge on any atom is -0.493 e. The zero-order chi connectivity index (χ0) is 18.8. The zero-order valence-corrected chi connectivity index (χ0v) is 16.0. The summed E-state index contributed by atoms with van der Waals surface area (Å²) in [5.41, 5.74) is 1.37. The molecule has 140 valence electrons. The molecule has 1 atom stereocenters. The lowest BCUT2D eigenvalue weighted by atomic mass is 10.0. The van der Waals surface area contributed by atoms with Gasteiger partial charge in [-0.05, 0) is 42.0 Å². The number of hydrogen-bond acceptors (Lipinski definition) is 6. The van der Waals surface area contributed by atoms with E-state index < -0.39 is 0 Å². The smallest absolute Gasteiger partial charge is 0.276 e. The Morgan fingerprint density at radius 1 is 1.22 bits per heavy atom. The van der Waals surface area contributed by atoms with Crippen molar-refractivity contribution in [3.63, 3.8) is 0 Å². The lowest BCUT2D eigenvalue weighted by molar-refractivity contribution is 0.0725. The van der Waals surface area contributed by atoms with E-state index in [1.54, 1.807) is 31.6 Å². The van der Waals surface area contributed by atoms with Crippen molar-refractivity contribution in [3.05, 3.63) is 53.0 Å². The van der Waals surface area contributed by atoms with Crippen LogP contribution in [0.3, 0.4) is 0 Å². The van der Waals surface area contributed by atoms with Crippen LogP contribution in [0.4, 0.5) is 0 Å². The Morgan fingerprint density at radius 2 is 2.07 bits per heavy atom. The van der Waals surface area contributed by atoms with Crippen molar-refractivity contribution in [1.82, 2.24) is 10.1 Å². The van der Waals surface area contributed by atoms with Gasteiger partial charge in [-0.2, -0.15) is 0 Å². The Hall–Kier alpha value is -2.80. The number of methoxy groups -OCH3 is 2. The molecule has 1 saturated heterocycles. The topological polar surface area (TPSA) is 64.8 Å². The average Bonchev–Trinajstić information content (AvgIpc) is 3.47. The van der Waals surface area contributed by atoms with Crippen LogP contribution in [0.1, 0.15) is 34.9 Å². The number of likely N-dealkylation sites (tertiary alicyclic amines) is 1. The first-order chi connectivity index (χ1) is 13.2. The number of hydrogen-bond donors (Lipinski definition) is 0. The highest BCUT2D eigenvalue weighted by molar-refractivity contribution is 7.13. The Kier molecular flexibility index (Phi) is 4.85. The molecule has 1 amide bonds. The molecule has 0 saturated carbocycles. The van der Waals surface area contributed by atoms with Gasteiger partial charge in [0.2, 0.25) is 0 Å². The van der Waals surface area contributed by atoms with E-state index in [2.05, 4.69) is 5.16 Å². The number of benzene rings is 1. The van der Waals surface area contributed by atoms with Gasteiger partial charge in [0.1, 0.15) is 0 Å². The summed E-state index contributed by atoms with van der Waals surface area (Å²) < 4.78 is 16.1. The molecule has 7 heteroatoms. The van der Waals surface area contributed by atoms with Crippen LogP contribution in [0.5, 0.6) is 11.5 Å². The molecule has 1 aliphatic rings. The summed E-state index contributed by atoms with van der Waals surface area (Å²) in [4.78, 5) is 15.9. The lowest BCUT2D eigenvalue weighted by Gasteiger charge is -2.24. The molecule has 1 unspecified atom stereocenters. The summed E-state index contributed by atoms with van der Waals surface area (Å²) in [7, 11) is 3.22. The van der Waals surface area contributed by atoms with Crippen molar-refractivity contribution >= 4 is 17.2 Å². The second kappa shape index (κ2) is 7.44. The average molecular weight is 384 g/mol. The third kappa shape index (κ3) is 3.30. The van der Waals surface area contributed by atoms with Gasteiger partial charge >= 0.3 is 0 Å². The highest BCUT2D eigenvalue weighted by Crippen LogP contribution is 2.37. The molecule has 27 heavy (non-hydrogen) atoms. The van der Waals surface area contributed by atoms with E-state index in [-0.39, 0.29) is 11.9 Å². The molecule has 0 aliphatic carbocycles. The van der Waals surface area contributed by atoms with E-state index in [0.717, 1.165) is 23.3 Å². The van der Waals surface area contributed by atoms with Crippen LogP contribution in [-0.2, 0) is 0 Å². The van der Waals surface area contributed by atoms with Crippen molar-refractivity contribution in [2.75, 3.05) is 20.8 Å². The molecule has 0 spiro atoms. The normalized spacial score (nSPS) is 16.5. The van der Waals surface area contributed by atoms with E-state index in [1.807, 2.05) is 40.6 Å². The van der Waals surface area contributed by atoms with E-state index in [9.17, 15) is 4.79 Å². The maximum Gasteiger partial charge on any atom is 0.276 e. The quantitative estimate of drug-likeness (QED) is 0.652. The SMILES string of the molecule is COc1ccc(C2CCCN2C(=O)c2cc(-c3cccs3)on2)cc1OC. The van der Waals surface area contributed by atoms with Crippen LogP contribution >= 0.6 is 11.3 Å². The van der Waals surface area contributed by atoms with Crippen LogP contribution < -0.4 is 9.47 Å². The number of nitrogens with zero attached hydrogens (tertiary/aromatic N) is 2. The van der Waals surface area contributed by atoms with E-state index >= 15 is 0 Å². The number of carbonyl (C=O) groups excluding carboxylic acids is 1. The molecule has 2 aromatic heterocycles. The van der Waals surface area contributed by atoms with Gasteiger partial charge in [-0.15, -0.1) is 11.3 Å². The van der Waals surface area contributed by atoms with Gasteiger partial charge in [0.25, 0.3) is 5.91 Å². The summed E-state index contributed by atoms with van der Waals surface area (Å²) in [6.45, 7) is 0.693. The molecule has 1 fully saturated rings. The number of rotatable bonds is 5. The molecular formula is C20H20N2O4S. The highest BCUT2D eigenvalue weighted by atomic mass is 32.1. The van der Waals surface area contributed by atoms with Gasteiger partial charge in [0, 0.05) is 12.6 Å². The fourth-order valence-electron chi connectivity index (χ4n) is 3.47. The minimum absolute atomic E-state index is 0.0146. The monoisotopic (exact) mass is 384 g/mol. The molecule has 0 N–H and O–H groups in total. The fourth-order valence-corrected chi connectivity index (χ4v) is 4.15. The van der Waals surface area contributed by atoms with E-state index in [4.69, 9.17) is 14.0 Å². The van der Waals surface area contributed by atoms with Crippen molar-refractivity contribution in [2.24, 2.45) is 0 Å². The summed E-state index contributed by atoms with van der Waals surface area (Å²) >= 11 is 1.55. The zero-order valence-electron chi connectivity index (χ0n) is 15.2. The largest absolute Gasteiger partial charge is 0.493 e. The Morgan fingerprint density at radius 3 is 2.81 bits per heavy atom. The van der Waals surface area contributed by atoms with Gasteiger partial charge in [-0.1, -0.05) is 17.3 Å². The molecule has 0 bridgehead atoms. The Balaban J connectivity index is 1.59. The number of carbonyl (C=O) groups is 1. The Labute approximate surface area is 161 Å². The lowest BCUT2D eigenvalue weighted by Crippen LogP contribution is -2.30. The van der Waals surface area contributed by atoms with Crippen molar-refractivity contribution in [2.45, 2.75) is 18.9 Å². The summed E-state index contributed by atoms with van der Waals surface area (Å²) in [6, 6.07) is 11.4. The van der Waals surface area contributed by atoms with Gasteiger partial charge in [0.05, 0.1) is 25.1 Å². The van der Waals surface area contributed by atoms with Gasteiger partial charge < -0.3 is 18.9 Å². The third-order valence-electron chi connectivity index (χ3n) is 4.80. The van der Waals surface area contributed by atoms with E-state index in [1.165, 1.54) is 0 Å². The molecule has 6 nitrogen and oxygen atoms in total. The highest BCUT2D eigenvalue weighted by Gasteiger charge is 2.32. The van der Waals surface area contributed by atoms with E-state index in [0.29, 0.717) is 29.5 Å². The molecule has 3 heterocycles. The first-order valence-electron chi connectivity index (χ1n) is 8.74. The molecule has 1 aliphatic heterocycles. The predicted molar refractivity (Wildman–Crippen MR) is 102 cm³/mol. The van der Waals surface area contributed by atoms with Crippen LogP contribution in [0, 0.1) is 0 Å². The minimum atomic E-state index is -0.112. The van der Waals surface area contributed by atoms with Crippen molar-refractivity contribution in [1.29, 1.82) is 0 Å². The molecule has 1 aromatic carbocycles. The van der Waals surface area contributed by atoms with Crippen LogP contribution in [0.15, 0.2) is 46.3 Å². The van der Waals surface area contributed by atoms with Gasteiger partial charge in [-0.25, -0.2) is 0 Å². The molecular weight excluding hydrogens is 364 g/mol. The number of thiophene rings is 1. The second-order valence-corrected chi connectivity index (χ2v) is 7.27. The number of aromatic nitrogens is 1. The summed E-state index contributed by atoms with van der Waals surface area (Å²) in [6.07, 6.45) is 1.84. The fraction of sp³-hybridized carbons (Fsp3) is 0.300. The standard InChI is InChI=1S/C20H20N2O4S/c1-24-16-8-7-13(11-17(16)25-2)15-5-3-9-22(15)20(23)14-12-18(26-21-14)19-6-4-10-27-19/h4,6-8,10-12,15H,3,5,9H2,1-2H3. The summed E-state index contributed by atoms with van der Waals surface area (Å²) in [5, 5.41) is 5.97. The van der Waals surface area contributed by atoms with Crippen LogP contribution in [-0.4, -0.2) is 36.7 Å². The Bertz CT molecular complexity index is 935. The maximum atomic E-state index is 13.0. The molecule has 0 radical (unpaired) electrons. The second-order valence-electron chi connectivity index (χ2n) is 6.32. The maximum absolute atomic E-state index is 13.0. The first kappa shape index (κ1) is 17.6.